The zero-order valence-corrected chi connectivity index (χ0v) is 12.7. The number of carbonyl (C=O) groups is 1. The van der Waals surface area contributed by atoms with Gasteiger partial charge in [-0.05, 0) is 43.2 Å². The molecule has 0 radical (unpaired) electrons. The highest BCUT2D eigenvalue weighted by molar-refractivity contribution is 5.85. The highest BCUT2D eigenvalue weighted by Crippen LogP contribution is 2.18. The molecule has 0 atom stereocenters. The Kier molecular flexibility index (Phi) is 4.32. The number of hydrogen-bond donors (Lipinski definition) is 3. The number of nitrogens with one attached hydrogen (secondary N) is 3. The molecule has 7 nitrogen and oxygen atoms in total. The van der Waals surface area contributed by atoms with Gasteiger partial charge in [-0.2, -0.15) is 5.21 Å². The van der Waals surface area contributed by atoms with Crippen molar-refractivity contribution in [1.29, 1.82) is 0 Å². The van der Waals surface area contributed by atoms with E-state index in [1.807, 2.05) is 39.0 Å². The summed E-state index contributed by atoms with van der Waals surface area (Å²) in [6.45, 7) is 6.34. The Hall–Kier alpha value is -2.28. The Labute approximate surface area is 123 Å². The van der Waals surface area contributed by atoms with Crippen LogP contribution in [0.25, 0.3) is 11.4 Å². The molecule has 1 heterocycles. The number of carbonyl (C=O) groups excluding carboxylic acids is 1. The van der Waals surface area contributed by atoms with Gasteiger partial charge in [0.1, 0.15) is 0 Å². The van der Waals surface area contributed by atoms with Crippen molar-refractivity contribution < 1.29 is 4.79 Å². The molecule has 0 spiro atoms. The Morgan fingerprint density at radius 2 is 2.14 bits per heavy atom. The van der Waals surface area contributed by atoms with Crippen molar-refractivity contribution in [3.63, 3.8) is 0 Å². The number of rotatable bonds is 5. The van der Waals surface area contributed by atoms with Crippen LogP contribution in [-0.2, 0) is 11.3 Å². The summed E-state index contributed by atoms with van der Waals surface area (Å²) in [6.07, 6.45) is 0. The average molecular weight is 288 g/mol. The summed E-state index contributed by atoms with van der Waals surface area (Å²) in [5, 5.41) is 19.8. The minimum atomic E-state index is -0.618. The quantitative estimate of drug-likeness (QED) is 0.756. The molecule has 3 N–H and O–H groups in total. The van der Waals surface area contributed by atoms with Crippen molar-refractivity contribution in [2.75, 3.05) is 7.05 Å². The molecule has 2 aromatic rings. The SMILES string of the molecule is CNC(=O)C(C)(C)NCc1ccc(-c2nn[nH]n2)cc1C. The largest absolute Gasteiger partial charge is 0.358 e. The van der Waals surface area contributed by atoms with Crippen LogP contribution in [0.3, 0.4) is 0 Å². The van der Waals surface area contributed by atoms with Crippen LogP contribution in [0.2, 0.25) is 0 Å². The number of benzene rings is 1. The zero-order valence-electron chi connectivity index (χ0n) is 12.7. The smallest absolute Gasteiger partial charge is 0.239 e. The van der Waals surface area contributed by atoms with Gasteiger partial charge in [0.2, 0.25) is 11.7 Å². The number of nitrogens with zero attached hydrogens (tertiary/aromatic N) is 3. The molecule has 1 aromatic carbocycles. The minimum absolute atomic E-state index is 0.0384. The lowest BCUT2D eigenvalue weighted by Gasteiger charge is -2.24. The second kappa shape index (κ2) is 6.01. The van der Waals surface area contributed by atoms with E-state index in [2.05, 4.69) is 31.3 Å². The second-order valence-corrected chi connectivity index (χ2v) is 5.43. The summed E-state index contributed by atoms with van der Waals surface area (Å²) in [7, 11) is 1.64. The molecule has 2 rings (SSSR count). The van der Waals surface area contributed by atoms with Gasteiger partial charge in [-0.1, -0.05) is 12.1 Å². The summed E-state index contributed by atoms with van der Waals surface area (Å²) in [5.74, 6) is 0.534. The minimum Gasteiger partial charge on any atom is -0.358 e. The van der Waals surface area contributed by atoms with Crippen LogP contribution < -0.4 is 10.6 Å². The van der Waals surface area contributed by atoms with Crippen molar-refractivity contribution in [1.82, 2.24) is 31.3 Å². The third-order valence-corrected chi connectivity index (χ3v) is 3.46. The molecule has 0 saturated carbocycles. The van der Waals surface area contributed by atoms with Crippen LogP contribution >= 0.6 is 0 Å². The molecule has 0 fully saturated rings. The van der Waals surface area contributed by atoms with Crippen molar-refractivity contribution >= 4 is 5.91 Å². The first-order valence-corrected chi connectivity index (χ1v) is 6.74. The number of aryl methyl sites for hydroxylation is 1. The summed E-state index contributed by atoms with van der Waals surface area (Å²) < 4.78 is 0. The molecule has 0 bridgehead atoms. The molecular formula is C14H20N6O. The molecule has 7 heteroatoms. The first-order valence-electron chi connectivity index (χ1n) is 6.74. The van der Waals surface area contributed by atoms with Crippen molar-refractivity contribution in [2.45, 2.75) is 32.9 Å². The molecule has 21 heavy (non-hydrogen) atoms. The van der Waals surface area contributed by atoms with Crippen LogP contribution in [0, 0.1) is 6.92 Å². The molecule has 0 aliphatic carbocycles. The fraction of sp³-hybridized carbons (Fsp3) is 0.429. The average Bonchev–Trinajstić information content (AvgIpc) is 2.99. The number of amides is 1. The lowest BCUT2D eigenvalue weighted by Crippen LogP contribution is -2.51. The number of tetrazole rings is 1. The monoisotopic (exact) mass is 288 g/mol. The van der Waals surface area contributed by atoms with Gasteiger partial charge in [-0.15, -0.1) is 10.2 Å². The second-order valence-electron chi connectivity index (χ2n) is 5.43. The van der Waals surface area contributed by atoms with Crippen LogP contribution in [0.1, 0.15) is 25.0 Å². The van der Waals surface area contributed by atoms with E-state index in [0.717, 1.165) is 16.7 Å². The predicted molar refractivity (Wildman–Crippen MR) is 79.3 cm³/mol. The maximum Gasteiger partial charge on any atom is 0.239 e. The van der Waals surface area contributed by atoms with E-state index in [4.69, 9.17) is 0 Å². The first kappa shape index (κ1) is 15.1. The van der Waals surface area contributed by atoms with E-state index in [1.54, 1.807) is 7.05 Å². The number of likely N-dealkylation sites (N-methyl/N-ethyl adjacent to an activating group) is 1. The summed E-state index contributed by atoms with van der Waals surface area (Å²) in [4.78, 5) is 11.7. The van der Waals surface area contributed by atoms with Gasteiger partial charge >= 0.3 is 0 Å². The van der Waals surface area contributed by atoms with Gasteiger partial charge in [0.05, 0.1) is 5.54 Å². The number of aromatic nitrogens is 4. The summed E-state index contributed by atoms with van der Waals surface area (Å²) >= 11 is 0. The van der Waals surface area contributed by atoms with E-state index >= 15 is 0 Å². The lowest BCUT2D eigenvalue weighted by molar-refractivity contribution is -0.126. The number of H-pyrrole nitrogens is 1. The van der Waals surface area contributed by atoms with Crippen molar-refractivity contribution in [2.24, 2.45) is 0 Å². The third-order valence-electron chi connectivity index (χ3n) is 3.46. The maximum atomic E-state index is 11.7. The van der Waals surface area contributed by atoms with Gasteiger partial charge in [-0.25, -0.2) is 0 Å². The van der Waals surface area contributed by atoms with Crippen LogP contribution in [0.4, 0.5) is 0 Å². The van der Waals surface area contributed by atoms with Gasteiger partial charge in [-0.3, -0.25) is 10.1 Å². The van der Waals surface area contributed by atoms with E-state index in [1.165, 1.54) is 0 Å². The maximum absolute atomic E-state index is 11.7. The van der Waals surface area contributed by atoms with Crippen molar-refractivity contribution in [3.05, 3.63) is 29.3 Å². The Morgan fingerprint density at radius 3 is 2.71 bits per heavy atom. The van der Waals surface area contributed by atoms with Crippen LogP contribution in [0.5, 0.6) is 0 Å². The third kappa shape index (κ3) is 3.43. The molecule has 1 aromatic heterocycles. The zero-order chi connectivity index (χ0) is 15.5. The molecule has 0 aliphatic heterocycles. The molecule has 0 saturated heterocycles. The number of aromatic amines is 1. The van der Waals surface area contributed by atoms with E-state index < -0.39 is 5.54 Å². The molecule has 0 aliphatic rings. The van der Waals surface area contributed by atoms with Crippen LogP contribution in [-0.4, -0.2) is 39.1 Å². The first-order chi connectivity index (χ1) is 9.94. The van der Waals surface area contributed by atoms with Gasteiger partial charge in [0.25, 0.3) is 0 Å². The van der Waals surface area contributed by atoms with E-state index in [9.17, 15) is 4.79 Å². The van der Waals surface area contributed by atoms with E-state index in [0.29, 0.717) is 12.4 Å². The fourth-order valence-electron chi connectivity index (χ4n) is 2.03. The molecule has 1 amide bonds. The van der Waals surface area contributed by atoms with Gasteiger partial charge in [0.15, 0.2) is 0 Å². The standard InChI is InChI=1S/C14H20N6O/c1-9-7-10(12-17-19-20-18-12)5-6-11(9)8-16-14(2,3)13(21)15-4/h5-7,16H,8H2,1-4H3,(H,15,21)(H,17,18,19,20). The molecular weight excluding hydrogens is 268 g/mol. The van der Waals surface area contributed by atoms with E-state index in [-0.39, 0.29) is 5.91 Å². The highest BCUT2D eigenvalue weighted by Gasteiger charge is 2.25. The van der Waals surface area contributed by atoms with Gasteiger partial charge in [0, 0.05) is 19.2 Å². The fourth-order valence-corrected chi connectivity index (χ4v) is 2.03. The number of hydrogen-bond acceptors (Lipinski definition) is 5. The molecule has 112 valence electrons. The Bertz CT molecular complexity index is 620. The Morgan fingerprint density at radius 1 is 1.38 bits per heavy atom. The topological polar surface area (TPSA) is 95.6 Å². The van der Waals surface area contributed by atoms with Gasteiger partial charge < -0.3 is 5.32 Å². The molecule has 0 unspecified atom stereocenters. The lowest BCUT2D eigenvalue weighted by atomic mass is 10.0. The summed E-state index contributed by atoms with van der Waals surface area (Å²) in [5.41, 5.74) is 2.53. The van der Waals surface area contributed by atoms with Crippen LogP contribution in [0.15, 0.2) is 18.2 Å². The Balaban J connectivity index is 2.10. The summed E-state index contributed by atoms with van der Waals surface area (Å²) in [6, 6.07) is 5.96. The van der Waals surface area contributed by atoms with Crippen molar-refractivity contribution in [3.8, 4) is 11.4 Å². The normalized spacial score (nSPS) is 11.4. The predicted octanol–water partition coefficient (Wildman–Crippen LogP) is 0.789. The highest BCUT2D eigenvalue weighted by atomic mass is 16.2.